The first-order valence-corrected chi connectivity index (χ1v) is 7.95. The van der Waals surface area contributed by atoms with Crippen molar-refractivity contribution in [1.82, 2.24) is 9.88 Å². The van der Waals surface area contributed by atoms with Crippen molar-refractivity contribution in [3.8, 4) is 6.07 Å². The molecule has 0 unspecified atom stereocenters. The average molecular weight is 301 g/mol. The number of ether oxygens (including phenoxy) is 1. The molecule has 0 spiro atoms. The van der Waals surface area contributed by atoms with Crippen molar-refractivity contribution in [2.45, 2.75) is 51.2 Å². The Morgan fingerprint density at radius 1 is 1.41 bits per heavy atom. The van der Waals surface area contributed by atoms with E-state index >= 15 is 0 Å². The smallest absolute Gasteiger partial charge is 0.248 e. The van der Waals surface area contributed by atoms with Crippen molar-refractivity contribution in [2.75, 3.05) is 13.2 Å². The molecule has 2 rings (SSSR count). The lowest BCUT2D eigenvalue weighted by molar-refractivity contribution is -0.139. The van der Waals surface area contributed by atoms with Crippen molar-refractivity contribution >= 4 is 5.91 Å². The fourth-order valence-corrected chi connectivity index (χ4v) is 2.70. The molecule has 1 aliphatic rings. The van der Waals surface area contributed by atoms with Gasteiger partial charge in [0.05, 0.1) is 18.6 Å². The third-order valence-corrected chi connectivity index (χ3v) is 3.94. The summed E-state index contributed by atoms with van der Waals surface area (Å²) in [6, 6.07) is 5.87. The first-order chi connectivity index (χ1) is 10.8. The van der Waals surface area contributed by atoms with Gasteiger partial charge in [0.25, 0.3) is 0 Å². The first kappa shape index (κ1) is 16.4. The Labute approximate surface area is 131 Å². The molecule has 1 amide bonds. The number of aromatic nitrogens is 1. The van der Waals surface area contributed by atoms with Crippen LogP contribution in [-0.4, -0.2) is 35.0 Å². The Kier molecular flexibility index (Phi) is 6.85. The van der Waals surface area contributed by atoms with Gasteiger partial charge in [0.1, 0.15) is 6.61 Å². The lowest BCUT2D eigenvalue weighted by Gasteiger charge is -2.25. The molecule has 1 aromatic rings. The number of carbonyl (C=O) groups excluding carboxylic acids is 1. The zero-order valence-corrected chi connectivity index (χ0v) is 12.9. The fraction of sp³-hybridized carbons (Fsp3) is 0.588. The van der Waals surface area contributed by atoms with Crippen molar-refractivity contribution < 1.29 is 9.53 Å². The van der Waals surface area contributed by atoms with Crippen LogP contribution in [0.25, 0.3) is 0 Å². The molecule has 0 saturated heterocycles. The monoisotopic (exact) mass is 301 g/mol. The summed E-state index contributed by atoms with van der Waals surface area (Å²) in [5.74, 6) is -0.0512. The third kappa shape index (κ3) is 5.45. The molecule has 5 nitrogen and oxygen atoms in total. The van der Waals surface area contributed by atoms with Crippen LogP contribution in [0.3, 0.4) is 0 Å². The number of rotatable bonds is 7. The molecule has 22 heavy (non-hydrogen) atoms. The Balaban J connectivity index is 1.86. The van der Waals surface area contributed by atoms with Crippen LogP contribution in [0, 0.1) is 11.3 Å². The second-order valence-corrected chi connectivity index (χ2v) is 5.66. The minimum atomic E-state index is -0.0512. The van der Waals surface area contributed by atoms with Gasteiger partial charge >= 0.3 is 0 Å². The van der Waals surface area contributed by atoms with Crippen LogP contribution in [0.2, 0.25) is 0 Å². The summed E-state index contributed by atoms with van der Waals surface area (Å²) in [5, 5.41) is 8.77. The van der Waals surface area contributed by atoms with E-state index in [1.54, 1.807) is 17.3 Å². The number of nitriles is 1. The summed E-state index contributed by atoms with van der Waals surface area (Å²) in [6.07, 6.45) is 9.74. The molecule has 0 N–H and O–H groups in total. The summed E-state index contributed by atoms with van der Waals surface area (Å²) in [7, 11) is 0. The zero-order valence-electron chi connectivity index (χ0n) is 12.9. The molecule has 0 aliphatic heterocycles. The molecule has 0 bridgehead atoms. The van der Waals surface area contributed by atoms with E-state index in [9.17, 15) is 4.79 Å². The molecular formula is C17H23N3O2. The molecule has 5 heteroatoms. The van der Waals surface area contributed by atoms with Crippen LogP contribution in [0.4, 0.5) is 0 Å². The topological polar surface area (TPSA) is 66.2 Å². The van der Waals surface area contributed by atoms with Crippen LogP contribution < -0.4 is 0 Å². The highest BCUT2D eigenvalue weighted by molar-refractivity contribution is 5.77. The number of nitrogens with zero attached hydrogens (tertiary/aromatic N) is 3. The van der Waals surface area contributed by atoms with Crippen molar-refractivity contribution in [2.24, 2.45) is 0 Å². The van der Waals surface area contributed by atoms with E-state index in [1.165, 1.54) is 19.3 Å². The van der Waals surface area contributed by atoms with E-state index in [0.29, 0.717) is 19.5 Å². The van der Waals surface area contributed by atoms with Gasteiger partial charge in [-0.15, -0.1) is 0 Å². The van der Waals surface area contributed by atoms with Gasteiger partial charge in [-0.3, -0.25) is 9.78 Å². The summed E-state index contributed by atoms with van der Waals surface area (Å²) < 4.78 is 5.75. The molecule has 1 heterocycles. The normalized spacial score (nSPS) is 15.2. The van der Waals surface area contributed by atoms with Crippen LogP contribution in [0.5, 0.6) is 0 Å². The van der Waals surface area contributed by atoms with E-state index in [-0.39, 0.29) is 18.6 Å². The van der Waals surface area contributed by atoms with Crippen LogP contribution in [0.15, 0.2) is 24.5 Å². The Morgan fingerprint density at radius 2 is 2.23 bits per heavy atom. The molecule has 1 fully saturated rings. The summed E-state index contributed by atoms with van der Waals surface area (Å²) in [4.78, 5) is 18.1. The van der Waals surface area contributed by atoms with E-state index in [2.05, 4.69) is 11.1 Å². The lowest BCUT2D eigenvalue weighted by atomic mass is 9.98. The number of pyridine rings is 1. The molecular weight excluding hydrogens is 278 g/mol. The van der Waals surface area contributed by atoms with E-state index < -0.39 is 0 Å². The molecule has 0 atom stereocenters. The Morgan fingerprint density at radius 3 is 2.91 bits per heavy atom. The maximum Gasteiger partial charge on any atom is 0.248 e. The number of hydrogen-bond acceptors (Lipinski definition) is 4. The van der Waals surface area contributed by atoms with Gasteiger partial charge in [-0.1, -0.05) is 25.3 Å². The predicted molar refractivity (Wildman–Crippen MR) is 82.7 cm³/mol. The third-order valence-electron chi connectivity index (χ3n) is 3.94. The Bertz CT molecular complexity index is 492. The number of carbonyl (C=O) groups is 1. The largest absolute Gasteiger partial charge is 0.368 e. The number of amides is 1. The predicted octanol–water partition coefficient (Wildman–Crippen LogP) is 2.67. The molecule has 0 radical (unpaired) electrons. The highest BCUT2D eigenvalue weighted by Crippen LogP contribution is 2.20. The van der Waals surface area contributed by atoms with Gasteiger partial charge in [0.2, 0.25) is 5.91 Å². The quantitative estimate of drug-likeness (QED) is 0.776. The van der Waals surface area contributed by atoms with Crippen LogP contribution in [0.1, 0.15) is 44.1 Å². The van der Waals surface area contributed by atoms with Crippen molar-refractivity contribution in [3.63, 3.8) is 0 Å². The molecule has 1 saturated carbocycles. The van der Waals surface area contributed by atoms with E-state index in [1.807, 2.05) is 12.1 Å². The maximum atomic E-state index is 12.4. The minimum absolute atomic E-state index is 0.0512. The Hall–Kier alpha value is -1.93. The van der Waals surface area contributed by atoms with E-state index in [0.717, 1.165) is 18.4 Å². The zero-order chi connectivity index (χ0) is 15.6. The van der Waals surface area contributed by atoms with E-state index in [4.69, 9.17) is 10.00 Å². The molecule has 1 aromatic heterocycles. The second-order valence-electron chi connectivity index (χ2n) is 5.66. The maximum absolute atomic E-state index is 12.4. The summed E-state index contributed by atoms with van der Waals surface area (Å²) in [6.45, 7) is 1.01. The first-order valence-electron chi connectivity index (χ1n) is 7.95. The van der Waals surface area contributed by atoms with Crippen LogP contribution in [-0.2, 0) is 16.1 Å². The highest BCUT2D eigenvalue weighted by Gasteiger charge is 2.18. The molecule has 1 aliphatic carbocycles. The number of hydrogen-bond donors (Lipinski definition) is 0. The van der Waals surface area contributed by atoms with Crippen molar-refractivity contribution in [1.29, 1.82) is 5.26 Å². The van der Waals surface area contributed by atoms with Gasteiger partial charge in [-0.2, -0.15) is 5.26 Å². The summed E-state index contributed by atoms with van der Waals surface area (Å²) >= 11 is 0. The van der Waals surface area contributed by atoms with Crippen LogP contribution >= 0.6 is 0 Å². The van der Waals surface area contributed by atoms with Gasteiger partial charge in [0.15, 0.2) is 0 Å². The standard InChI is InChI=1S/C17H23N3O2/c18-9-5-11-20(13-15-6-4-10-19-12-15)17(21)14-22-16-7-2-1-3-8-16/h4,6,10,12,16H,1-3,5,7-8,11,13-14H2. The van der Waals surface area contributed by atoms with Gasteiger partial charge in [-0.05, 0) is 24.5 Å². The molecule has 0 aromatic carbocycles. The van der Waals surface area contributed by atoms with Gasteiger partial charge in [0, 0.05) is 25.5 Å². The summed E-state index contributed by atoms with van der Waals surface area (Å²) in [5.41, 5.74) is 0.964. The van der Waals surface area contributed by atoms with Crippen molar-refractivity contribution in [3.05, 3.63) is 30.1 Å². The average Bonchev–Trinajstić information content (AvgIpc) is 2.58. The minimum Gasteiger partial charge on any atom is -0.368 e. The van der Waals surface area contributed by atoms with Gasteiger partial charge < -0.3 is 9.64 Å². The fourth-order valence-electron chi connectivity index (χ4n) is 2.70. The highest BCUT2D eigenvalue weighted by atomic mass is 16.5. The second kappa shape index (κ2) is 9.16. The lowest BCUT2D eigenvalue weighted by Crippen LogP contribution is -2.35. The van der Waals surface area contributed by atoms with Gasteiger partial charge in [-0.25, -0.2) is 0 Å². The SMILES string of the molecule is N#CCCN(Cc1cccnc1)C(=O)COC1CCCCC1. The molecule has 118 valence electrons.